The van der Waals surface area contributed by atoms with Gasteiger partial charge in [0.2, 0.25) is 0 Å². The maximum absolute atomic E-state index is 5.00. The Bertz CT molecular complexity index is 2960. The molecule has 0 saturated carbocycles. The smallest absolute Gasteiger partial charge is 0.252 e. The van der Waals surface area contributed by atoms with Crippen molar-refractivity contribution in [3.8, 4) is 33.5 Å². The van der Waals surface area contributed by atoms with Crippen LogP contribution in [0.4, 0.5) is 34.1 Å². The van der Waals surface area contributed by atoms with Crippen molar-refractivity contribution >= 4 is 57.2 Å². The fourth-order valence-corrected chi connectivity index (χ4v) is 9.56. The number of fused-ring (bicyclic) bond motifs is 4. The van der Waals surface area contributed by atoms with Crippen LogP contribution >= 0.6 is 0 Å². The summed E-state index contributed by atoms with van der Waals surface area (Å²) in [7, 11) is 0. The SMILES string of the molecule is CC(C)(C)c1ccc(N2c3cc(-c4ccccc4)ccc3B3c4ccc(-c5ccccc5)cc4N(c4cc(C(C)(C)C)cc(C(C)(C)C)c4)c4cc(-c5ccccn5)cc2c43)cc1. The fourth-order valence-electron chi connectivity index (χ4n) is 9.56. The average molecular weight is 818 g/mol. The lowest BCUT2D eigenvalue weighted by atomic mass is 9.33. The van der Waals surface area contributed by atoms with Crippen LogP contribution in [0, 0.1) is 0 Å². The average Bonchev–Trinajstić information content (AvgIpc) is 3.28. The molecule has 2 aliphatic rings. The van der Waals surface area contributed by atoms with Gasteiger partial charge in [0.05, 0.1) is 5.69 Å². The van der Waals surface area contributed by atoms with Crippen LogP contribution < -0.4 is 26.2 Å². The predicted octanol–water partition coefficient (Wildman–Crippen LogP) is 14.1. The molecule has 0 unspecified atom stereocenters. The number of nitrogens with zero attached hydrogens (tertiary/aromatic N) is 3. The summed E-state index contributed by atoms with van der Waals surface area (Å²) in [5.74, 6) is 0. The lowest BCUT2D eigenvalue weighted by molar-refractivity contribution is 0.569. The van der Waals surface area contributed by atoms with Crippen molar-refractivity contribution < 1.29 is 0 Å². The van der Waals surface area contributed by atoms with Gasteiger partial charge in [-0.3, -0.25) is 4.98 Å². The number of benzene rings is 7. The summed E-state index contributed by atoms with van der Waals surface area (Å²) in [6.07, 6.45) is 1.91. The maximum atomic E-state index is 5.00. The van der Waals surface area contributed by atoms with Crippen LogP contribution in [0.5, 0.6) is 0 Å². The Balaban J connectivity index is 1.34. The molecule has 0 fully saturated rings. The third kappa shape index (κ3) is 7.26. The number of pyridine rings is 1. The van der Waals surface area contributed by atoms with E-state index in [0.717, 1.165) is 16.9 Å². The van der Waals surface area contributed by atoms with Gasteiger partial charge in [0.15, 0.2) is 0 Å². The molecule has 4 heteroatoms. The summed E-state index contributed by atoms with van der Waals surface area (Å²) in [4.78, 5) is 10.1. The zero-order valence-corrected chi connectivity index (χ0v) is 38.2. The molecule has 3 nitrogen and oxygen atoms in total. The molecule has 10 rings (SSSR count). The summed E-state index contributed by atoms with van der Waals surface area (Å²) in [5, 5.41) is 0. The zero-order chi connectivity index (χ0) is 43.8. The largest absolute Gasteiger partial charge is 0.311 e. The molecule has 0 radical (unpaired) electrons. The summed E-state index contributed by atoms with van der Waals surface area (Å²) in [6, 6.07) is 63.6. The normalized spacial score (nSPS) is 13.4. The lowest BCUT2D eigenvalue weighted by Gasteiger charge is -2.45. The Hall–Kier alpha value is -6.65. The molecule has 0 bridgehead atoms. The van der Waals surface area contributed by atoms with Crippen LogP contribution in [-0.2, 0) is 16.2 Å². The van der Waals surface area contributed by atoms with Crippen molar-refractivity contribution in [1.82, 2.24) is 4.98 Å². The first-order valence-electron chi connectivity index (χ1n) is 22.5. The van der Waals surface area contributed by atoms with Gasteiger partial charge in [0, 0.05) is 45.9 Å². The van der Waals surface area contributed by atoms with E-state index in [1.807, 2.05) is 12.3 Å². The topological polar surface area (TPSA) is 19.4 Å². The third-order valence-electron chi connectivity index (χ3n) is 13.1. The Morgan fingerprint density at radius 2 is 0.825 bits per heavy atom. The molecule has 0 spiro atoms. The predicted molar refractivity (Wildman–Crippen MR) is 271 cm³/mol. The van der Waals surface area contributed by atoms with Crippen LogP contribution in [0.2, 0.25) is 0 Å². The van der Waals surface area contributed by atoms with E-state index >= 15 is 0 Å². The second-order valence-corrected chi connectivity index (χ2v) is 20.6. The Morgan fingerprint density at radius 1 is 0.365 bits per heavy atom. The van der Waals surface area contributed by atoms with Gasteiger partial charge in [0.25, 0.3) is 6.71 Å². The van der Waals surface area contributed by atoms with Gasteiger partial charge in [0.1, 0.15) is 0 Å². The molecular weight excluding hydrogens is 761 g/mol. The first kappa shape index (κ1) is 40.4. The Morgan fingerprint density at radius 3 is 1.29 bits per heavy atom. The van der Waals surface area contributed by atoms with Crippen molar-refractivity contribution in [2.75, 3.05) is 9.80 Å². The first-order valence-corrected chi connectivity index (χ1v) is 22.5. The van der Waals surface area contributed by atoms with Crippen LogP contribution in [0.1, 0.15) is 79.0 Å². The minimum Gasteiger partial charge on any atom is -0.311 e. The summed E-state index contributed by atoms with van der Waals surface area (Å²) in [5.41, 5.74) is 21.6. The highest BCUT2D eigenvalue weighted by Crippen LogP contribution is 2.48. The van der Waals surface area contributed by atoms with Gasteiger partial charge in [-0.25, -0.2) is 0 Å². The van der Waals surface area contributed by atoms with Gasteiger partial charge in [-0.1, -0.05) is 172 Å². The summed E-state index contributed by atoms with van der Waals surface area (Å²) < 4.78 is 0. The standard InChI is InChI=1S/C59H56BN3/c1-57(2,3)44-25-27-47(28-26-44)62-52-32-41(39-18-12-10-13-19-39)23-29-49(52)60-50-30-24-42(40-20-14-11-15-21-40)33-53(50)63(48-37-45(58(4,5)6)36-46(38-48)59(7,8)9)55-35-43(34-54(62)56(55)60)51-22-16-17-31-61-51/h10-38H,1-9H3. The second-order valence-electron chi connectivity index (χ2n) is 20.6. The highest BCUT2D eigenvalue weighted by Gasteiger charge is 2.44. The van der Waals surface area contributed by atoms with E-state index < -0.39 is 0 Å². The second kappa shape index (κ2) is 15.0. The fraction of sp³-hybridized carbons (Fsp3) is 0.203. The molecule has 0 saturated heterocycles. The molecule has 3 heterocycles. The van der Waals surface area contributed by atoms with E-state index in [-0.39, 0.29) is 23.0 Å². The van der Waals surface area contributed by atoms with Crippen LogP contribution in [0.25, 0.3) is 33.5 Å². The number of aromatic nitrogens is 1. The highest BCUT2D eigenvalue weighted by atomic mass is 15.2. The Labute approximate surface area is 375 Å². The lowest BCUT2D eigenvalue weighted by Crippen LogP contribution is -2.61. The van der Waals surface area contributed by atoms with E-state index in [2.05, 4.69) is 236 Å². The van der Waals surface area contributed by atoms with Crippen LogP contribution in [0.3, 0.4) is 0 Å². The molecule has 2 aliphatic heterocycles. The van der Waals surface area contributed by atoms with Crippen molar-refractivity contribution in [3.05, 3.63) is 193 Å². The summed E-state index contributed by atoms with van der Waals surface area (Å²) >= 11 is 0. The van der Waals surface area contributed by atoms with Crippen molar-refractivity contribution in [1.29, 1.82) is 0 Å². The molecular formula is C59H56BN3. The monoisotopic (exact) mass is 817 g/mol. The molecule has 8 aromatic rings. The van der Waals surface area contributed by atoms with E-state index in [0.29, 0.717) is 0 Å². The minimum atomic E-state index is -0.0658. The number of rotatable bonds is 5. The number of hydrogen-bond donors (Lipinski definition) is 0. The molecule has 0 amide bonds. The minimum absolute atomic E-state index is 0.0261. The molecule has 7 aromatic carbocycles. The maximum Gasteiger partial charge on any atom is 0.252 e. The molecule has 0 atom stereocenters. The molecule has 0 N–H and O–H groups in total. The molecule has 310 valence electrons. The van der Waals surface area contributed by atoms with E-state index in [4.69, 9.17) is 4.98 Å². The molecule has 63 heavy (non-hydrogen) atoms. The molecule has 0 aliphatic carbocycles. The molecule has 1 aromatic heterocycles. The van der Waals surface area contributed by atoms with Gasteiger partial charge >= 0.3 is 0 Å². The number of anilines is 6. The van der Waals surface area contributed by atoms with E-state index in [9.17, 15) is 0 Å². The van der Waals surface area contributed by atoms with Crippen molar-refractivity contribution in [2.45, 2.75) is 78.6 Å². The van der Waals surface area contributed by atoms with Crippen molar-refractivity contribution in [2.24, 2.45) is 0 Å². The van der Waals surface area contributed by atoms with Gasteiger partial charge < -0.3 is 9.80 Å². The van der Waals surface area contributed by atoms with Gasteiger partial charge in [-0.05, 0) is 132 Å². The first-order chi connectivity index (χ1) is 30.1. The highest BCUT2D eigenvalue weighted by molar-refractivity contribution is 7.00. The Kier molecular flexibility index (Phi) is 9.64. The quantitative estimate of drug-likeness (QED) is 0.161. The zero-order valence-electron chi connectivity index (χ0n) is 38.2. The van der Waals surface area contributed by atoms with E-state index in [1.165, 1.54) is 83.8 Å². The van der Waals surface area contributed by atoms with Crippen molar-refractivity contribution in [3.63, 3.8) is 0 Å². The van der Waals surface area contributed by atoms with Crippen LogP contribution in [-0.4, -0.2) is 11.7 Å². The van der Waals surface area contributed by atoms with Gasteiger partial charge in [-0.15, -0.1) is 0 Å². The number of hydrogen-bond acceptors (Lipinski definition) is 3. The van der Waals surface area contributed by atoms with Crippen LogP contribution in [0.15, 0.2) is 176 Å². The summed E-state index contributed by atoms with van der Waals surface area (Å²) in [6.45, 7) is 20.8. The van der Waals surface area contributed by atoms with Gasteiger partial charge in [-0.2, -0.15) is 0 Å². The third-order valence-corrected chi connectivity index (χ3v) is 13.1. The van der Waals surface area contributed by atoms with E-state index in [1.54, 1.807) is 0 Å².